The minimum Gasteiger partial charge on any atom is -0.352 e. The fourth-order valence-electron chi connectivity index (χ4n) is 1.52. The third-order valence-corrected chi connectivity index (χ3v) is 2.53. The van der Waals surface area contributed by atoms with Crippen LogP contribution < -0.4 is 10.6 Å². The van der Waals surface area contributed by atoms with Gasteiger partial charge in [0.05, 0.1) is 5.02 Å². The maximum Gasteiger partial charge on any atom is 0.147 e. The molecular formula is C12H18ClN3. The maximum atomic E-state index is 6.18. The standard InChI is InChI=1S/C12H18ClN3/c1-3-5-16(6-4-2)12-11(13)7-10(8-14)9-15-12/h3,7,9H,1,4-6,8,14H2,2H3. The van der Waals surface area contributed by atoms with Crippen molar-refractivity contribution in [2.75, 3.05) is 18.0 Å². The van der Waals surface area contributed by atoms with Gasteiger partial charge in [-0.25, -0.2) is 4.98 Å². The van der Waals surface area contributed by atoms with E-state index in [0.717, 1.165) is 30.9 Å². The first-order chi connectivity index (χ1) is 7.72. The predicted octanol–water partition coefficient (Wildman–Crippen LogP) is 2.60. The number of rotatable bonds is 6. The Hall–Kier alpha value is -1.06. The molecule has 88 valence electrons. The monoisotopic (exact) mass is 239 g/mol. The SMILES string of the molecule is C=CCN(CCC)c1ncc(CN)cc1Cl. The van der Waals surface area contributed by atoms with Crippen molar-refractivity contribution < 1.29 is 0 Å². The quantitative estimate of drug-likeness (QED) is 0.776. The molecule has 16 heavy (non-hydrogen) atoms. The van der Waals surface area contributed by atoms with Crippen molar-refractivity contribution in [3.63, 3.8) is 0 Å². The number of anilines is 1. The highest BCUT2D eigenvalue weighted by Crippen LogP contribution is 2.24. The average molecular weight is 240 g/mol. The van der Waals surface area contributed by atoms with Crippen LogP contribution in [0.4, 0.5) is 5.82 Å². The molecule has 0 aliphatic rings. The van der Waals surface area contributed by atoms with Crippen molar-refractivity contribution in [3.8, 4) is 0 Å². The third kappa shape index (κ3) is 3.22. The van der Waals surface area contributed by atoms with Crippen molar-refractivity contribution >= 4 is 17.4 Å². The van der Waals surface area contributed by atoms with Gasteiger partial charge in [-0.2, -0.15) is 0 Å². The molecule has 0 aliphatic heterocycles. The van der Waals surface area contributed by atoms with E-state index in [1.54, 1.807) is 6.20 Å². The van der Waals surface area contributed by atoms with Gasteiger partial charge in [0.2, 0.25) is 0 Å². The van der Waals surface area contributed by atoms with Gasteiger partial charge >= 0.3 is 0 Å². The van der Waals surface area contributed by atoms with Crippen LogP contribution in [0.15, 0.2) is 24.9 Å². The molecule has 0 unspecified atom stereocenters. The molecule has 0 aromatic carbocycles. The van der Waals surface area contributed by atoms with Crippen LogP contribution in [0, 0.1) is 0 Å². The highest BCUT2D eigenvalue weighted by molar-refractivity contribution is 6.33. The molecule has 0 saturated carbocycles. The van der Waals surface area contributed by atoms with Crippen LogP contribution >= 0.6 is 11.6 Å². The summed E-state index contributed by atoms with van der Waals surface area (Å²) in [5.41, 5.74) is 6.48. The van der Waals surface area contributed by atoms with E-state index in [2.05, 4.69) is 23.4 Å². The molecule has 0 saturated heterocycles. The lowest BCUT2D eigenvalue weighted by atomic mass is 10.2. The van der Waals surface area contributed by atoms with Gasteiger partial charge in [0.15, 0.2) is 0 Å². The summed E-state index contributed by atoms with van der Waals surface area (Å²) in [5.74, 6) is 0.806. The molecule has 0 radical (unpaired) electrons. The van der Waals surface area contributed by atoms with E-state index in [0.29, 0.717) is 11.6 Å². The average Bonchev–Trinajstić information content (AvgIpc) is 2.29. The van der Waals surface area contributed by atoms with Gasteiger partial charge in [-0.3, -0.25) is 0 Å². The van der Waals surface area contributed by atoms with Gasteiger partial charge in [0, 0.05) is 25.8 Å². The van der Waals surface area contributed by atoms with Gasteiger partial charge in [-0.15, -0.1) is 6.58 Å². The van der Waals surface area contributed by atoms with Crippen LogP contribution in [0.2, 0.25) is 5.02 Å². The minimum absolute atomic E-state index is 0.461. The van der Waals surface area contributed by atoms with E-state index in [-0.39, 0.29) is 0 Å². The summed E-state index contributed by atoms with van der Waals surface area (Å²) in [6.07, 6.45) is 4.67. The van der Waals surface area contributed by atoms with E-state index in [9.17, 15) is 0 Å². The van der Waals surface area contributed by atoms with E-state index in [1.165, 1.54) is 0 Å². The topological polar surface area (TPSA) is 42.2 Å². The minimum atomic E-state index is 0.461. The molecule has 1 heterocycles. The summed E-state index contributed by atoms with van der Waals surface area (Å²) in [7, 11) is 0. The molecule has 1 aromatic heterocycles. The van der Waals surface area contributed by atoms with Gasteiger partial charge in [-0.1, -0.05) is 24.6 Å². The molecule has 0 atom stereocenters. The molecule has 1 rings (SSSR count). The van der Waals surface area contributed by atoms with Crippen molar-refractivity contribution in [1.82, 2.24) is 4.98 Å². The first kappa shape index (κ1) is 13.0. The fraction of sp³-hybridized carbons (Fsp3) is 0.417. The largest absolute Gasteiger partial charge is 0.352 e. The first-order valence-corrected chi connectivity index (χ1v) is 5.81. The molecule has 0 amide bonds. The summed E-state index contributed by atoms with van der Waals surface area (Å²) < 4.78 is 0. The molecule has 3 nitrogen and oxygen atoms in total. The number of halogens is 1. The Morgan fingerprint density at radius 1 is 1.62 bits per heavy atom. The lowest BCUT2D eigenvalue weighted by Crippen LogP contribution is -2.25. The Morgan fingerprint density at radius 2 is 2.38 bits per heavy atom. The second kappa shape index (κ2) is 6.51. The lowest BCUT2D eigenvalue weighted by Gasteiger charge is -2.22. The van der Waals surface area contributed by atoms with Crippen molar-refractivity contribution in [3.05, 3.63) is 35.5 Å². The Balaban J connectivity index is 2.94. The van der Waals surface area contributed by atoms with Crippen LogP contribution in [-0.4, -0.2) is 18.1 Å². The number of aromatic nitrogens is 1. The molecule has 1 aromatic rings. The van der Waals surface area contributed by atoms with Gasteiger partial charge in [-0.05, 0) is 18.1 Å². The summed E-state index contributed by atoms with van der Waals surface area (Å²) in [5, 5.41) is 0.651. The van der Waals surface area contributed by atoms with Crippen molar-refractivity contribution in [2.45, 2.75) is 19.9 Å². The number of nitrogens with zero attached hydrogens (tertiary/aromatic N) is 2. The number of nitrogens with two attached hydrogens (primary N) is 1. The van der Waals surface area contributed by atoms with Crippen molar-refractivity contribution in [2.24, 2.45) is 5.73 Å². The Bertz CT molecular complexity index is 352. The molecule has 0 fully saturated rings. The lowest BCUT2D eigenvalue weighted by molar-refractivity contribution is 0.801. The fourth-order valence-corrected chi connectivity index (χ4v) is 1.83. The van der Waals surface area contributed by atoms with Crippen LogP contribution in [-0.2, 0) is 6.54 Å². The second-order valence-electron chi connectivity index (χ2n) is 3.59. The predicted molar refractivity (Wildman–Crippen MR) is 69.8 cm³/mol. The number of hydrogen-bond acceptors (Lipinski definition) is 3. The Labute approximate surface area is 102 Å². The van der Waals surface area contributed by atoms with Crippen molar-refractivity contribution in [1.29, 1.82) is 0 Å². The summed E-state index contributed by atoms with van der Waals surface area (Å²) in [4.78, 5) is 6.46. The van der Waals surface area contributed by atoms with E-state index in [1.807, 2.05) is 12.1 Å². The van der Waals surface area contributed by atoms with Gasteiger partial charge in [0.25, 0.3) is 0 Å². The molecular weight excluding hydrogens is 222 g/mol. The Morgan fingerprint density at radius 3 is 2.88 bits per heavy atom. The normalized spacial score (nSPS) is 10.2. The molecule has 4 heteroatoms. The molecule has 2 N–H and O–H groups in total. The Kier molecular flexibility index (Phi) is 5.29. The first-order valence-electron chi connectivity index (χ1n) is 5.43. The highest BCUT2D eigenvalue weighted by atomic mass is 35.5. The molecule has 0 bridgehead atoms. The smallest absolute Gasteiger partial charge is 0.147 e. The zero-order valence-electron chi connectivity index (χ0n) is 9.62. The number of hydrogen-bond donors (Lipinski definition) is 1. The maximum absolute atomic E-state index is 6.18. The van der Waals surface area contributed by atoms with E-state index < -0.39 is 0 Å². The number of pyridine rings is 1. The molecule has 0 aliphatic carbocycles. The summed E-state index contributed by atoms with van der Waals surface area (Å²) in [6.45, 7) is 7.99. The van der Waals surface area contributed by atoms with Crippen LogP contribution in [0.3, 0.4) is 0 Å². The van der Waals surface area contributed by atoms with Crippen LogP contribution in [0.25, 0.3) is 0 Å². The van der Waals surface area contributed by atoms with Gasteiger partial charge < -0.3 is 10.6 Å². The van der Waals surface area contributed by atoms with Gasteiger partial charge in [0.1, 0.15) is 5.82 Å². The zero-order valence-corrected chi connectivity index (χ0v) is 10.4. The van der Waals surface area contributed by atoms with E-state index >= 15 is 0 Å². The van der Waals surface area contributed by atoms with Crippen LogP contribution in [0.5, 0.6) is 0 Å². The van der Waals surface area contributed by atoms with Crippen LogP contribution in [0.1, 0.15) is 18.9 Å². The molecule has 0 spiro atoms. The van der Waals surface area contributed by atoms with E-state index in [4.69, 9.17) is 17.3 Å². The zero-order chi connectivity index (χ0) is 12.0. The second-order valence-corrected chi connectivity index (χ2v) is 4.00. The third-order valence-electron chi connectivity index (χ3n) is 2.26. The highest BCUT2D eigenvalue weighted by Gasteiger charge is 2.10. The summed E-state index contributed by atoms with van der Waals surface area (Å²) >= 11 is 6.18. The summed E-state index contributed by atoms with van der Waals surface area (Å²) in [6, 6.07) is 1.87.